The topological polar surface area (TPSA) is 80.0 Å². The number of ether oxygens (including phenoxy) is 1. The monoisotopic (exact) mass is 385 g/mol. The highest BCUT2D eigenvalue weighted by molar-refractivity contribution is 5.88. The van der Waals surface area contributed by atoms with Crippen molar-refractivity contribution in [2.45, 2.75) is 58.6 Å². The van der Waals surface area contributed by atoms with Gasteiger partial charge in [0.25, 0.3) is 5.91 Å². The first-order valence-corrected chi connectivity index (χ1v) is 10.00. The van der Waals surface area contributed by atoms with E-state index in [1.54, 1.807) is 6.92 Å². The standard InChI is InChI=1S/C22H27NO5/c1-12-8-18(21-13(2)14(3)22(26)28-19(21)9-12)27-11-20(25)23-7-6-16(24)10-17(23)15-4-5-15/h8-9,15-17,24H,4-7,10-11H2,1-3H3/t16-,17-/m0/s1. The normalized spacial score (nSPS) is 22.5. The zero-order valence-electron chi connectivity index (χ0n) is 16.7. The van der Waals surface area contributed by atoms with Gasteiger partial charge in [-0.3, -0.25) is 4.79 Å². The van der Waals surface area contributed by atoms with Gasteiger partial charge in [-0.25, -0.2) is 4.79 Å². The van der Waals surface area contributed by atoms with Crippen LogP contribution in [-0.4, -0.2) is 41.2 Å². The van der Waals surface area contributed by atoms with Crippen molar-refractivity contribution in [2.24, 2.45) is 5.92 Å². The molecule has 0 radical (unpaired) electrons. The van der Waals surface area contributed by atoms with Gasteiger partial charge in [-0.15, -0.1) is 0 Å². The van der Waals surface area contributed by atoms with Crippen LogP contribution in [0.4, 0.5) is 0 Å². The van der Waals surface area contributed by atoms with E-state index in [-0.39, 0.29) is 30.3 Å². The number of benzene rings is 1. The molecule has 28 heavy (non-hydrogen) atoms. The number of fused-ring (bicyclic) bond motifs is 1. The number of aryl methyl sites for hydroxylation is 2. The van der Waals surface area contributed by atoms with Crippen LogP contribution in [0.15, 0.2) is 21.3 Å². The minimum Gasteiger partial charge on any atom is -0.483 e. The molecule has 1 amide bonds. The van der Waals surface area contributed by atoms with Gasteiger partial charge in [0.15, 0.2) is 6.61 Å². The molecule has 1 saturated heterocycles. The summed E-state index contributed by atoms with van der Waals surface area (Å²) >= 11 is 0. The number of carbonyl (C=O) groups excluding carboxylic acids is 1. The molecule has 2 atom stereocenters. The smallest absolute Gasteiger partial charge is 0.339 e. The Balaban J connectivity index is 1.57. The Morgan fingerprint density at radius 3 is 2.68 bits per heavy atom. The van der Waals surface area contributed by atoms with Gasteiger partial charge >= 0.3 is 5.63 Å². The molecule has 1 aromatic heterocycles. The van der Waals surface area contributed by atoms with Crippen LogP contribution in [0.5, 0.6) is 5.75 Å². The van der Waals surface area contributed by atoms with Crippen molar-refractivity contribution in [1.29, 1.82) is 0 Å². The molecule has 2 aliphatic rings. The van der Waals surface area contributed by atoms with Crippen LogP contribution >= 0.6 is 0 Å². The number of piperidine rings is 1. The molecular weight excluding hydrogens is 358 g/mol. The minimum atomic E-state index is -0.350. The second-order valence-electron chi connectivity index (χ2n) is 8.23. The number of amides is 1. The summed E-state index contributed by atoms with van der Waals surface area (Å²) in [6.45, 7) is 6.02. The molecule has 1 N–H and O–H groups in total. The SMILES string of the molecule is Cc1cc(OCC(=O)N2CC[C@H](O)C[C@H]2C2CC2)c2c(C)c(C)c(=O)oc2c1. The van der Waals surface area contributed by atoms with E-state index in [4.69, 9.17) is 9.15 Å². The minimum absolute atomic E-state index is 0.0507. The summed E-state index contributed by atoms with van der Waals surface area (Å²) in [6.07, 6.45) is 3.22. The molecule has 1 saturated carbocycles. The van der Waals surface area contributed by atoms with Crippen LogP contribution in [-0.2, 0) is 4.79 Å². The molecule has 2 aromatic rings. The molecule has 1 aliphatic heterocycles. The van der Waals surface area contributed by atoms with E-state index in [0.717, 1.165) is 29.4 Å². The maximum absolute atomic E-state index is 12.9. The lowest BCUT2D eigenvalue weighted by Gasteiger charge is -2.38. The summed E-state index contributed by atoms with van der Waals surface area (Å²) in [7, 11) is 0. The van der Waals surface area contributed by atoms with Gasteiger partial charge in [0.2, 0.25) is 0 Å². The lowest BCUT2D eigenvalue weighted by Crippen LogP contribution is -2.50. The first-order chi connectivity index (χ1) is 13.3. The molecule has 0 spiro atoms. The number of likely N-dealkylation sites (tertiary alicyclic amines) is 1. The number of rotatable bonds is 4. The lowest BCUT2D eigenvalue weighted by molar-refractivity contribution is -0.139. The number of carbonyl (C=O) groups is 1. The Bertz CT molecular complexity index is 975. The number of hydrogen-bond donors (Lipinski definition) is 1. The van der Waals surface area contributed by atoms with E-state index in [1.165, 1.54) is 0 Å². The second kappa shape index (κ2) is 7.24. The van der Waals surface area contributed by atoms with E-state index in [9.17, 15) is 14.7 Å². The Morgan fingerprint density at radius 1 is 1.21 bits per heavy atom. The third-order valence-electron chi connectivity index (χ3n) is 6.11. The predicted molar refractivity (Wildman–Crippen MR) is 106 cm³/mol. The van der Waals surface area contributed by atoms with E-state index >= 15 is 0 Å². The molecule has 6 heteroatoms. The Kier molecular flexibility index (Phi) is 4.91. The number of aliphatic hydroxyl groups excluding tert-OH is 1. The molecule has 0 bridgehead atoms. The zero-order chi connectivity index (χ0) is 20.0. The van der Waals surface area contributed by atoms with E-state index < -0.39 is 0 Å². The molecule has 4 rings (SSSR count). The van der Waals surface area contributed by atoms with Crippen LogP contribution in [0, 0.1) is 26.7 Å². The van der Waals surface area contributed by atoms with Gasteiger partial charge in [-0.1, -0.05) is 0 Å². The lowest BCUT2D eigenvalue weighted by atomic mass is 9.96. The summed E-state index contributed by atoms with van der Waals surface area (Å²) in [5.41, 5.74) is 2.39. The van der Waals surface area contributed by atoms with Crippen LogP contribution < -0.4 is 10.4 Å². The maximum atomic E-state index is 12.9. The average molecular weight is 385 g/mol. The van der Waals surface area contributed by atoms with Crippen molar-refractivity contribution in [3.05, 3.63) is 39.2 Å². The quantitative estimate of drug-likeness (QED) is 0.819. The van der Waals surface area contributed by atoms with Gasteiger partial charge in [0, 0.05) is 18.2 Å². The van der Waals surface area contributed by atoms with Crippen LogP contribution in [0.1, 0.15) is 42.4 Å². The van der Waals surface area contributed by atoms with Crippen molar-refractivity contribution in [2.75, 3.05) is 13.2 Å². The van der Waals surface area contributed by atoms with Gasteiger partial charge in [-0.2, -0.15) is 0 Å². The molecule has 1 aromatic carbocycles. The van der Waals surface area contributed by atoms with E-state index in [0.29, 0.717) is 42.2 Å². The molecule has 2 fully saturated rings. The van der Waals surface area contributed by atoms with Crippen molar-refractivity contribution in [3.8, 4) is 5.75 Å². The summed E-state index contributed by atoms with van der Waals surface area (Å²) in [5, 5.41) is 10.7. The highest BCUT2D eigenvalue weighted by Gasteiger charge is 2.40. The Hall–Kier alpha value is -2.34. The first kappa shape index (κ1) is 19.0. The van der Waals surface area contributed by atoms with Crippen molar-refractivity contribution < 1.29 is 19.1 Å². The summed E-state index contributed by atoms with van der Waals surface area (Å²) in [4.78, 5) is 26.8. The average Bonchev–Trinajstić information content (AvgIpc) is 3.48. The number of nitrogens with zero attached hydrogens (tertiary/aromatic N) is 1. The third kappa shape index (κ3) is 3.53. The summed E-state index contributed by atoms with van der Waals surface area (Å²) in [5.74, 6) is 1.02. The highest BCUT2D eigenvalue weighted by Crippen LogP contribution is 2.39. The van der Waals surface area contributed by atoms with Gasteiger partial charge in [0.05, 0.1) is 11.5 Å². The summed E-state index contributed by atoms with van der Waals surface area (Å²) in [6, 6.07) is 3.81. The van der Waals surface area contributed by atoms with Crippen molar-refractivity contribution in [1.82, 2.24) is 4.90 Å². The van der Waals surface area contributed by atoms with E-state index in [1.807, 2.05) is 30.9 Å². The van der Waals surface area contributed by atoms with Gasteiger partial charge < -0.3 is 19.2 Å². The van der Waals surface area contributed by atoms with Gasteiger partial charge in [-0.05, 0) is 75.6 Å². The van der Waals surface area contributed by atoms with Crippen molar-refractivity contribution >= 4 is 16.9 Å². The first-order valence-electron chi connectivity index (χ1n) is 10.00. The van der Waals surface area contributed by atoms with Crippen LogP contribution in [0.2, 0.25) is 0 Å². The fraction of sp³-hybridized carbons (Fsp3) is 0.545. The molecule has 2 heterocycles. The van der Waals surface area contributed by atoms with Crippen LogP contribution in [0.3, 0.4) is 0 Å². The molecule has 1 aliphatic carbocycles. The third-order valence-corrected chi connectivity index (χ3v) is 6.11. The molecular formula is C22H27NO5. The fourth-order valence-corrected chi connectivity index (χ4v) is 4.24. The van der Waals surface area contributed by atoms with Crippen LogP contribution in [0.25, 0.3) is 11.0 Å². The molecule has 6 nitrogen and oxygen atoms in total. The van der Waals surface area contributed by atoms with Crippen molar-refractivity contribution in [3.63, 3.8) is 0 Å². The van der Waals surface area contributed by atoms with Gasteiger partial charge in [0.1, 0.15) is 11.3 Å². The number of hydrogen-bond acceptors (Lipinski definition) is 5. The highest BCUT2D eigenvalue weighted by atomic mass is 16.5. The zero-order valence-corrected chi connectivity index (χ0v) is 16.7. The second-order valence-corrected chi connectivity index (χ2v) is 8.23. The summed E-state index contributed by atoms with van der Waals surface area (Å²) < 4.78 is 11.4. The van der Waals surface area contributed by atoms with E-state index in [2.05, 4.69) is 0 Å². The molecule has 150 valence electrons. The maximum Gasteiger partial charge on any atom is 0.339 e. The fourth-order valence-electron chi connectivity index (χ4n) is 4.24. The Labute approximate surface area is 164 Å². The molecule has 0 unspecified atom stereocenters. The largest absolute Gasteiger partial charge is 0.483 e. The predicted octanol–water partition coefficient (Wildman–Crippen LogP) is 2.86. The number of aliphatic hydroxyl groups is 1. The Morgan fingerprint density at radius 2 is 1.96 bits per heavy atom.